The van der Waals surface area contributed by atoms with Gasteiger partial charge in [-0.25, -0.2) is 0 Å². The van der Waals surface area contributed by atoms with E-state index in [1.54, 1.807) is 0 Å². The highest BCUT2D eigenvalue weighted by Gasteiger charge is 2.56. The smallest absolute Gasteiger partial charge is 0.0378 e. The quantitative estimate of drug-likeness (QED) is 0.671. The largest absolute Gasteiger partial charge is 0.305 e. The molecular formula is C13H17N. The van der Waals surface area contributed by atoms with Crippen LogP contribution in [0, 0.1) is 0 Å². The van der Waals surface area contributed by atoms with E-state index in [0.29, 0.717) is 5.54 Å². The third kappa shape index (κ3) is 1.12. The van der Waals surface area contributed by atoms with E-state index in [4.69, 9.17) is 0 Å². The van der Waals surface area contributed by atoms with Crippen LogP contribution in [0.5, 0.6) is 0 Å². The molecule has 2 aliphatic rings. The topological polar surface area (TPSA) is 21.9 Å². The van der Waals surface area contributed by atoms with Gasteiger partial charge in [0.15, 0.2) is 0 Å². The molecule has 1 heteroatoms. The molecule has 0 radical (unpaired) electrons. The Labute approximate surface area is 85.5 Å². The molecule has 1 nitrogen and oxygen atoms in total. The Morgan fingerprint density at radius 1 is 1.21 bits per heavy atom. The predicted molar refractivity (Wildman–Crippen MR) is 58.4 cm³/mol. The van der Waals surface area contributed by atoms with E-state index in [2.05, 4.69) is 42.6 Å². The van der Waals surface area contributed by atoms with Crippen molar-refractivity contribution in [1.29, 1.82) is 0 Å². The first-order valence-electron chi connectivity index (χ1n) is 5.63. The van der Waals surface area contributed by atoms with E-state index in [-0.39, 0.29) is 0 Å². The van der Waals surface area contributed by atoms with Crippen molar-refractivity contribution < 1.29 is 0 Å². The van der Waals surface area contributed by atoms with Gasteiger partial charge >= 0.3 is 0 Å². The molecule has 1 saturated heterocycles. The molecule has 1 heterocycles. The van der Waals surface area contributed by atoms with Gasteiger partial charge < -0.3 is 5.32 Å². The number of benzene rings is 1. The van der Waals surface area contributed by atoms with Gasteiger partial charge in [-0.3, -0.25) is 0 Å². The van der Waals surface area contributed by atoms with E-state index in [0.717, 1.165) is 12.0 Å². The van der Waals surface area contributed by atoms with Crippen molar-refractivity contribution in [2.75, 3.05) is 0 Å². The first-order chi connectivity index (χ1) is 6.81. The number of hydrogen-bond acceptors (Lipinski definition) is 1. The summed E-state index contributed by atoms with van der Waals surface area (Å²) >= 11 is 0. The van der Waals surface area contributed by atoms with Gasteiger partial charge in [-0.15, -0.1) is 0 Å². The Kier molecular flexibility index (Phi) is 1.72. The van der Waals surface area contributed by atoms with Crippen molar-refractivity contribution in [3.8, 4) is 0 Å². The summed E-state index contributed by atoms with van der Waals surface area (Å²) in [5.74, 6) is 0.738. The Balaban J connectivity index is 1.91. The lowest BCUT2D eigenvalue weighted by atomic mass is 9.76. The highest BCUT2D eigenvalue weighted by atomic mass is 15.2. The molecule has 1 aromatic carbocycles. The summed E-state index contributed by atoms with van der Waals surface area (Å²) in [5, 5.41) is 3.66. The Morgan fingerprint density at radius 3 is 2.79 bits per heavy atom. The van der Waals surface area contributed by atoms with Crippen molar-refractivity contribution >= 4 is 0 Å². The second-order valence-corrected chi connectivity index (χ2v) is 4.87. The van der Waals surface area contributed by atoms with Gasteiger partial charge in [0.1, 0.15) is 0 Å². The van der Waals surface area contributed by atoms with Crippen LogP contribution in [-0.2, 0) is 0 Å². The van der Waals surface area contributed by atoms with E-state index in [1.807, 2.05) is 0 Å². The van der Waals surface area contributed by atoms with E-state index in [9.17, 15) is 0 Å². The lowest BCUT2D eigenvalue weighted by Gasteiger charge is -2.27. The summed E-state index contributed by atoms with van der Waals surface area (Å²) in [5.41, 5.74) is 1.93. The van der Waals surface area contributed by atoms with Crippen LogP contribution in [0.3, 0.4) is 0 Å². The van der Waals surface area contributed by atoms with Crippen LogP contribution in [0.1, 0.15) is 37.7 Å². The maximum atomic E-state index is 3.66. The van der Waals surface area contributed by atoms with Gasteiger partial charge in [0.2, 0.25) is 0 Å². The molecule has 1 unspecified atom stereocenters. The molecule has 14 heavy (non-hydrogen) atoms. The third-order valence-corrected chi connectivity index (χ3v) is 4.04. The molecule has 74 valence electrons. The van der Waals surface area contributed by atoms with Gasteiger partial charge in [-0.1, -0.05) is 36.8 Å². The van der Waals surface area contributed by atoms with Crippen LogP contribution in [0.25, 0.3) is 0 Å². The molecule has 1 N–H and O–H groups in total. The standard InChI is InChI=1S/C13H17N/c1-13-11(8-5-9-12(13)14-13)10-6-3-2-4-7-10/h2-4,6-7,11-12,14H,5,8-9H2,1H3/t11-,12?,13-/m1/s1. The van der Waals surface area contributed by atoms with E-state index < -0.39 is 0 Å². The molecule has 1 aliphatic carbocycles. The van der Waals surface area contributed by atoms with Gasteiger partial charge in [0.25, 0.3) is 0 Å². The second-order valence-electron chi connectivity index (χ2n) is 4.87. The molecule has 0 amide bonds. The van der Waals surface area contributed by atoms with Crippen LogP contribution >= 0.6 is 0 Å². The minimum atomic E-state index is 0.416. The molecule has 0 bridgehead atoms. The third-order valence-electron chi connectivity index (χ3n) is 4.04. The monoisotopic (exact) mass is 187 g/mol. The first-order valence-corrected chi connectivity index (χ1v) is 5.63. The van der Waals surface area contributed by atoms with E-state index in [1.165, 1.54) is 24.8 Å². The summed E-state index contributed by atoms with van der Waals surface area (Å²) in [6.07, 6.45) is 4.11. The second kappa shape index (κ2) is 2.83. The van der Waals surface area contributed by atoms with Gasteiger partial charge in [0.05, 0.1) is 0 Å². The lowest BCUT2D eigenvalue weighted by molar-refractivity contribution is 0.414. The summed E-state index contributed by atoms with van der Waals surface area (Å²) < 4.78 is 0. The fourth-order valence-electron chi connectivity index (χ4n) is 3.07. The van der Waals surface area contributed by atoms with Gasteiger partial charge in [-0.05, 0) is 25.3 Å². The van der Waals surface area contributed by atoms with Gasteiger partial charge in [-0.2, -0.15) is 0 Å². The highest BCUT2D eigenvalue weighted by molar-refractivity contribution is 5.31. The molecule has 1 saturated carbocycles. The number of fused-ring (bicyclic) bond motifs is 1. The summed E-state index contributed by atoms with van der Waals surface area (Å²) in [6.45, 7) is 2.38. The van der Waals surface area contributed by atoms with Crippen LogP contribution < -0.4 is 5.32 Å². The summed E-state index contributed by atoms with van der Waals surface area (Å²) in [6, 6.07) is 11.8. The number of hydrogen-bond donors (Lipinski definition) is 1. The average molecular weight is 187 g/mol. The number of rotatable bonds is 1. The highest BCUT2D eigenvalue weighted by Crippen LogP contribution is 2.49. The molecule has 2 fully saturated rings. The maximum absolute atomic E-state index is 3.66. The fourth-order valence-corrected chi connectivity index (χ4v) is 3.07. The molecular weight excluding hydrogens is 170 g/mol. The molecule has 1 aliphatic heterocycles. The molecule has 0 spiro atoms. The molecule has 0 aromatic heterocycles. The minimum absolute atomic E-state index is 0.416. The van der Waals surface area contributed by atoms with Crippen molar-refractivity contribution in [2.24, 2.45) is 0 Å². The Morgan fingerprint density at radius 2 is 2.00 bits per heavy atom. The molecule has 1 aromatic rings. The van der Waals surface area contributed by atoms with Crippen LogP contribution in [0.4, 0.5) is 0 Å². The van der Waals surface area contributed by atoms with Crippen LogP contribution in [-0.4, -0.2) is 11.6 Å². The van der Waals surface area contributed by atoms with Crippen molar-refractivity contribution in [1.82, 2.24) is 5.32 Å². The predicted octanol–water partition coefficient (Wildman–Crippen LogP) is 2.68. The zero-order chi connectivity index (χ0) is 9.60. The molecule has 3 atom stereocenters. The van der Waals surface area contributed by atoms with E-state index >= 15 is 0 Å². The zero-order valence-corrected chi connectivity index (χ0v) is 8.66. The molecule has 3 rings (SSSR count). The lowest BCUT2D eigenvalue weighted by Crippen LogP contribution is -2.26. The SMILES string of the molecule is C[C@]12NC1CCC[C@@H]2c1ccccc1. The van der Waals surface area contributed by atoms with Crippen molar-refractivity contribution in [3.05, 3.63) is 35.9 Å². The van der Waals surface area contributed by atoms with Crippen LogP contribution in [0.2, 0.25) is 0 Å². The zero-order valence-electron chi connectivity index (χ0n) is 8.66. The van der Waals surface area contributed by atoms with Crippen molar-refractivity contribution in [3.63, 3.8) is 0 Å². The van der Waals surface area contributed by atoms with Gasteiger partial charge in [0, 0.05) is 17.5 Å². The number of nitrogens with one attached hydrogen (secondary N) is 1. The summed E-state index contributed by atoms with van der Waals surface area (Å²) in [7, 11) is 0. The normalized spacial score (nSPS) is 40.4. The minimum Gasteiger partial charge on any atom is -0.305 e. The Hall–Kier alpha value is -0.820. The first kappa shape index (κ1) is 8.49. The Bertz CT molecular complexity index is 332. The average Bonchev–Trinajstić information content (AvgIpc) is 2.90. The summed E-state index contributed by atoms with van der Waals surface area (Å²) in [4.78, 5) is 0. The van der Waals surface area contributed by atoms with Crippen LogP contribution in [0.15, 0.2) is 30.3 Å². The van der Waals surface area contributed by atoms with Crippen molar-refractivity contribution in [2.45, 2.75) is 43.7 Å². The fraction of sp³-hybridized carbons (Fsp3) is 0.538. The maximum Gasteiger partial charge on any atom is 0.0378 e.